The molecule has 0 unspecified atom stereocenters. The average Bonchev–Trinajstić information content (AvgIpc) is 2.51. The van der Waals surface area contributed by atoms with E-state index in [0.29, 0.717) is 0 Å². The number of benzene rings is 1. The van der Waals surface area contributed by atoms with Crippen LogP contribution in [0.25, 0.3) is 0 Å². The summed E-state index contributed by atoms with van der Waals surface area (Å²) in [6, 6.07) is 10.7. The van der Waals surface area contributed by atoms with Crippen molar-refractivity contribution in [3.8, 4) is 0 Å². The maximum atomic E-state index is 6.05. The molecule has 0 amide bonds. The van der Waals surface area contributed by atoms with Crippen molar-refractivity contribution in [1.29, 1.82) is 0 Å². The fourth-order valence-electron chi connectivity index (χ4n) is 3.19. The molecule has 0 spiro atoms. The van der Waals surface area contributed by atoms with Crippen LogP contribution in [-0.2, 0) is 0 Å². The summed E-state index contributed by atoms with van der Waals surface area (Å²) in [7, 11) is 0. The summed E-state index contributed by atoms with van der Waals surface area (Å²) in [6.45, 7) is 9.74. The summed E-state index contributed by atoms with van der Waals surface area (Å²) in [4.78, 5) is 5.08. The van der Waals surface area contributed by atoms with Gasteiger partial charge in [0.1, 0.15) is 0 Å². The second-order valence-electron chi connectivity index (χ2n) is 5.45. The van der Waals surface area contributed by atoms with E-state index in [-0.39, 0.29) is 5.54 Å². The molecule has 2 rings (SSSR count). The van der Waals surface area contributed by atoms with E-state index in [9.17, 15) is 0 Å². The lowest BCUT2D eigenvalue weighted by molar-refractivity contribution is 0.0786. The van der Waals surface area contributed by atoms with Crippen molar-refractivity contribution < 1.29 is 0 Å². The Hall–Kier alpha value is -1.06. The number of rotatable bonds is 5. The first-order valence-electron chi connectivity index (χ1n) is 7.51. The fourth-order valence-corrected chi connectivity index (χ4v) is 3.19. The molecule has 0 saturated carbocycles. The molecule has 0 aliphatic carbocycles. The molecule has 0 radical (unpaired) electrons. The molecular weight excluding hydrogens is 234 g/mol. The molecule has 1 aliphatic rings. The first kappa shape index (κ1) is 14.4. The van der Waals surface area contributed by atoms with Gasteiger partial charge in [-0.15, -0.1) is 0 Å². The van der Waals surface area contributed by atoms with Gasteiger partial charge in [-0.2, -0.15) is 0 Å². The topological polar surface area (TPSA) is 32.5 Å². The predicted molar refractivity (Wildman–Crippen MR) is 82.6 cm³/mol. The SMILES string of the molecule is CCC(CC)(CN)N1CCN(c2ccccc2)CC1. The summed E-state index contributed by atoms with van der Waals surface area (Å²) < 4.78 is 0. The molecule has 3 nitrogen and oxygen atoms in total. The van der Waals surface area contributed by atoms with Crippen molar-refractivity contribution in [3.63, 3.8) is 0 Å². The summed E-state index contributed by atoms with van der Waals surface area (Å²) in [5, 5.41) is 0. The van der Waals surface area contributed by atoms with Crippen LogP contribution in [-0.4, -0.2) is 43.2 Å². The number of para-hydroxylation sites is 1. The summed E-state index contributed by atoms with van der Waals surface area (Å²) in [5.74, 6) is 0. The number of hydrogen-bond acceptors (Lipinski definition) is 3. The van der Waals surface area contributed by atoms with Gasteiger partial charge in [-0.3, -0.25) is 4.90 Å². The number of anilines is 1. The van der Waals surface area contributed by atoms with Crippen LogP contribution in [0.2, 0.25) is 0 Å². The quantitative estimate of drug-likeness (QED) is 0.883. The Labute approximate surface area is 117 Å². The summed E-state index contributed by atoms with van der Waals surface area (Å²) in [6.07, 6.45) is 2.29. The van der Waals surface area contributed by atoms with Gasteiger partial charge in [0.15, 0.2) is 0 Å². The van der Waals surface area contributed by atoms with Gasteiger partial charge in [0.05, 0.1) is 0 Å². The van der Waals surface area contributed by atoms with Gasteiger partial charge in [0.25, 0.3) is 0 Å². The fraction of sp³-hybridized carbons (Fsp3) is 0.625. The molecule has 1 fully saturated rings. The van der Waals surface area contributed by atoms with Crippen LogP contribution in [0.15, 0.2) is 30.3 Å². The highest BCUT2D eigenvalue weighted by Gasteiger charge is 2.33. The second kappa shape index (κ2) is 6.40. The maximum Gasteiger partial charge on any atom is 0.0367 e. The normalized spacial score (nSPS) is 17.7. The Morgan fingerprint density at radius 3 is 2.05 bits per heavy atom. The summed E-state index contributed by atoms with van der Waals surface area (Å²) in [5.41, 5.74) is 7.60. The van der Waals surface area contributed by atoms with Gasteiger partial charge < -0.3 is 10.6 Å². The van der Waals surface area contributed by atoms with Crippen molar-refractivity contribution in [2.75, 3.05) is 37.6 Å². The van der Waals surface area contributed by atoms with Gasteiger partial charge in [0.2, 0.25) is 0 Å². The van der Waals surface area contributed by atoms with Crippen molar-refractivity contribution in [2.45, 2.75) is 32.2 Å². The molecule has 19 heavy (non-hydrogen) atoms. The van der Waals surface area contributed by atoms with Crippen molar-refractivity contribution in [3.05, 3.63) is 30.3 Å². The lowest BCUT2D eigenvalue weighted by atomic mass is 9.90. The zero-order valence-electron chi connectivity index (χ0n) is 12.3. The van der Waals surface area contributed by atoms with Gasteiger partial charge in [0, 0.05) is 44.0 Å². The van der Waals surface area contributed by atoms with Crippen LogP contribution >= 0.6 is 0 Å². The lowest BCUT2D eigenvalue weighted by Crippen LogP contribution is -2.59. The largest absolute Gasteiger partial charge is 0.369 e. The molecule has 1 aromatic carbocycles. The lowest BCUT2D eigenvalue weighted by Gasteiger charge is -2.47. The molecule has 106 valence electrons. The molecule has 1 saturated heterocycles. The first-order valence-corrected chi connectivity index (χ1v) is 7.51. The first-order chi connectivity index (χ1) is 9.25. The van der Waals surface area contributed by atoms with Crippen molar-refractivity contribution >= 4 is 5.69 Å². The van der Waals surface area contributed by atoms with Crippen LogP contribution < -0.4 is 10.6 Å². The summed E-state index contributed by atoms with van der Waals surface area (Å²) >= 11 is 0. The number of nitrogens with two attached hydrogens (primary N) is 1. The van der Waals surface area contributed by atoms with E-state index < -0.39 is 0 Å². The van der Waals surface area contributed by atoms with Crippen LogP contribution in [0.3, 0.4) is 0 Å². The Morgan fingerprint density at radius 1 is 1.00 bits per heavy atom. The highest BCUT2D eigenvalue weighted by molar-refractivity contribution is 5.46. The molecule has 2 N–H and O–H groups in total. The average molecular weight is 261 g/mol. The van der Waals surface area contributed by atoms with Gasteiger partial charge in [-0.25, -0.2) is 0 Å². The second-order valence-corrected chi connectivity index (χ2v) is 5.45. The minimum Gasteiger partial charge on any atom is -0.369 e. The third-order valence-corrected chi connectivity index (χ3v) is 4.77. The Balaban J connectivity index is 1.99. The van der Waals surface area contributed by atoms with Crippen molar-refractivity contribution in [1.82, 2.24) is 4.90 Å². The van der Waals surface area contributed by atoms with Crippen LogP contribution in [0.5, 0.6) is 0 Å². The molecule has 0 aromatic heterocycles. The third kappa shape index (κ3) is 2.93. The van der Waals surface area contributed by atoms with E-state index in [1.54, 1.807) is 0 Å². The van der Waals surface area contributed by atoms with Crippen LogP contribution in [0.4, 0.5) is 5.69 Å². The third-order valence-electron chi connectivity index (χ3n) is 4.77. The zero-order chi connectivity index (χ0) is 13.7. The van der Waals surface area contributed by atoms with E-state index in [1.807, 2.05) is 0 Å². The minimum atomic E-state index is 0.211. The van der Waals surface area contributed by atoms with E-state index in [4.69, 9.17) is 5.73 Å². The molecule has 1 aliphatic heterocycles. The highest BCUT2D eigenvalue weighted by atomic mass is 15.3. The Morgan fingerprint density at radius 2 is 1.58 bits per heavy atom. The van der Waals surface area contributed by atoms with Gasteiger partial charge in [-0.1, -0.05) is 32.0 Å². The predicted octanol–water partition coefficient (Wildman–Crippen LogP) is 2.33. The van der Waals surface area contributed by atoms with Crippen LogP contribution in [0, 0.1) is 0 Å². The highest BCUT2D eigenvalue weighted by Crippen LogP contribution is 2.25. The van der Waals surface area contributed by atoms with Crippen molar-refractivity contribution in [2.24, 2.45) is 5.73 Å². The number of nitrogens with zero attached hydrogens (tertiary/aromatic N) is 2. The minimum absolute atomic E-state index is 0.211. The maximum absolute atomic E-state index is 6.05. The number of hydrogen-bond donors (Lipinski definition) is 1. The molecular formula is C16H27N3. The molecule has 1 heterocycles. The standard InChI is InChI=1S/C16H27N3/c1-3-16(4-2,14-17)19-12-10-18(11-13-19)15-8-6-5-7-9-15/h5-9H,3-4,10-14,17H2,1-2H3. The Bertz CT molecular complexity index is 357. The molecule has 0 atom stereocenters. The van der Waals surface area contributed by atoms with E-state index in [1.165, 1.54) is 5.69 Å². The molecule has 3 heteroatoms. The zero-order valence-corrected chi connectivity index (χ0v) is 12.3. The van der Waals surface area contributed by atoms with E-state index in [2.05, 4.69) is 54.0 Å². The molecule has 1 aromatic rings. The smallest absolute Gasteiger partial charge is 0.0367 e. The van der Waals surface area contributed by atoms with E-state index >= 15 is 0 Å². The monoisotopic (exact) mass is 261 g/mol. The van der Waals surface area contributed by atoms with Gasteiger partial charge in [-0.05, 0) is 25.0 Å². The molecule has 0 bridgehead atoms. The Kier molecular flexibility index (Phi) is 4.83. The van der Waals surface area contributed by atoms with E-state index in [0.717, 1.165) is 45.6 Å². The van der Waals surface area contributed by atoms with Crippen LogP contribution in [0.1, 0.15) is 26.7 Å². The van der Waals surface area contributed by atoms with Gasteiger partial charge >= 0.3 is 0 Å². The number of piperazine rings is 1.